The standard InChI is InChI=1S/C13H17N7O4/c1-7(6-19-8(2)4-10(17-19)20(23)24)13(22)16-9-5-15-18(3)11(9)12(14)21/h4-5,7H,6H2,1-3H3,(H2,14,21)(H,16,22)/t7-/m0/s1. The monoisotopic (exact) mass is 335 g/mol. The van der Waals surface area contributed by atoms with E-state index in [0.29, 0.717) is 5.69 Å². The molecular formula is C13H17N7O4. The van der Waals surface area contributed by atoms with Gasteiger partial charge < -0.3 is 21.2 Å². The number of nitrogens with one attached hydrogen (secondary N) is 1. The van der Waals surface area contributed by atoms with Gasteiger partial charge in [0.25, 0.3) is 5.91 Å². The van der Waals surface area contributed by atoms with Gasteiger partial charge in [0, 0.05) is 7.05 Å². The number of amides is 2. The van der Waals surface area contributed by atoms with Gasteiger partial charge >= 0.3 is 5.82 Å². The molecule has 2 aromatic rings. The minimum Gasteiger partial charge on any atom is -0.364 e. The van der Waals surface area contributed by atoms with Crippen LogP contribution in [0.2, 0.25) is 0 Å². The van der Waals surface area contributed by atoms with Crippen molar-refractivity contribution >= 4 is 23.3 Å². The highest BCUT2D eigenvalue weighted by atomic mass is 16.6. The van der Waals surface area contributed by atoms with Crippen molar-refractivity contribution in [2.75, 3.05) is 5.32 Å². The number of nitrogens with two attached hydrogens (primary N) is 1. The van der Waals surface area contributed by atoms with Gasteiger partial charge in [0.1, 0.15) is 5.69 Å². The Morgan fingerprint density at radius 3 is 2.71 bits per heavy atom. The number of carbonyl (C=O) groups is 2. The fourth-order valence-electron chi connectivity index (χ4n) is 2.19. The van der Waals surface area contributed by atoms with E-state index in [1.807, 2.05) is 0 Å². The molecule has 0 bridgehead atoms. The van der Waals surface area contributed by atoms with Crippen molar-refractivity contribution in [3.05, 3.63) is 33.8 Å². The lowest BCUT2D eigenvalue weighted by Crippen LogP contribution is -2.27. The van der Waals surface area contributed by atoms with Crippen molar-refractivity contribution in [1.82, 2.24) is 19.6 Å². The fourth-order valence-corrected chi connectivity index (χ4v) is 2.19. The van der Waals surface area contributed by atoms with E-state index in [9.17, 15) is 19.7 Å². The summed E-state index contributed by atoms with van der Waals surface area (Å²) in [5.74, 6) is -1.92. The molecule has 0 radical (unpaired) electrons. The van der Waals surface area contributed by atoms with Gasteiger partial charge in [-0.25, -0.2) is 0 Å². The normalized spacial score (nSPS) is 12.0. The minimum atomic E-state index is -0.712. The van der Waals surface area contributed by atoms with E-state index >= 15 is 0 Å². The second-order valence-electron chi connectivity index (χ2n) is 5.37. The molecule has 0 aliphatic carbocycles. The van der Waals surface area contributed by atoms with E-state index in [1.54, 1.807) is 13.8 Å². The molecule has 2 heterocycles. The van der Waals surface area contributed by atoms with Crippen LogP contribution in [0.5, 0.6) is 0 Å². The first-order chi connectivity index (χ1) is 11.2. The Hall–Kier alpha value is -3.24. The first-order valence-electron chi connectivity index (χ1n) is 7.02. The third-order valence-corrected chi connectivity index (χ3v) is 3.48. The zero-order valence-corrected chi connectivity index (χ0v) is 13.4. The molecule has 1 atom stereocenters. The lowest BCUT2D eigenvalue weighted by Gasteiger charge is -2.11. The molecular weight excluding hydrogens is 318 g/mol. The van der Waals surface area contributed by atoms with Crippen molar-refractivity contribution in [3.63, 3.8) is 0 Å². The van der Waals surface area contributed by atoms with Crippen molar-refractivity contribution in [2.24, 2.45) is 18.7 Å². The van der Waals surface area contributed by atoms with Crippen LogP contribution in [-0.2, 0) is 18.4 Å². The first-order valence-corrected chi connectivity index (χ1v) is 7.02. The van der Waals surface area contributed by atoms with Gasteiger partial charge in [0.05, 0.1) is 41.2 Å². The molecule has 2 amide bonds. The average molecular weight is 335 g/mol. The predicted octanol–water partition coefficient (Wildman–Crippen LogP) is 0.207. The van der Waals surface area contributed by atoms with Crippen molar-refractivity contribution in [3.8, 4) is 0 Å². The number of nitrogens with zero attached hydrogens (tertiary/aromatic N) is 5. The van der Waals surface area contributed by atoms with E-state index in [4.69, 9.17) is 5.73 Å². The maximum absolute atomic E-state index is 12.3. The molecule has 0 unspecified atom stereocenters. The van der Waals surface area contributed by atoms with E-state index < -0.39 is 16.7 Å². The topological polar surface area (TPSA) is 151 Å². The third-order valence-electron chi connectivity index (χ3n) is 3.48. The molecule has 0 aromatic carbocycles. The molecule has 128 valence electrons. The number of primary amides is 1. The smallest absolute Gasteiger partial charge is 0.364 e. The van der Waals surface area contributed by atoms with Crippen LogP contribution in [0.15, 0.2) is 12.3 Å². The Bertz CT molecular complexity index is 807. The fraction of sp³-hybridized carbons (Fsp3) is 0.385. The number of aromatic nitrogens is 4. The number of nitro groups is 1. The van der Waals surface area contributed by atoms with Gasteiger partial charge in [-0.05, 0) is 11.8 Å². The summed E-state index contributed by atoms with van der Waals surface area (Å²) in [4.78, 5) is 33.8. The zero-order chi connectivity index (χ0) is 18.0. The van der Waals surface area contributed by atoms with Gasteiger partial charge in [-0.1, -0.05) is 6.92 Å². The Kier molecular flexibility index (Phi) is 4.62. The maximum atomic E-state index is 12.3. The summed E-state index contributed by atoms with van der Waals surface area (Å²) in [6.07, 6.45) is 1.33. The molecule has 11 heteroatoms. The summed E-state index contributed by atoms with van der Waals surface area (Å²) < 4.78 is 2.66. The second kappa shape index (κ2) is 6.48. The van der Waals surface area contributed by atoms with Crippen molar-refractivity contribution < 1.29 is 14.5 Å². The number of hydrogen-bond acceptors (Lipinski definition) is 6. The third kappa shape index (κ3) is 3.39. The molecule has 11 nitrogen and oxygen atoms in total. The minimum absolute atomic E-state index is 0.0847. The molecule has 0 saturated carbocycles. The van der Waals surface area contributed by atoms with Gasteiger partial charge in [-0.3, -0.25) is 14.3 Å². The molecule has 3 N–H and O–H groups in total. The van der Waals surface area contributed by atoms with E-state index in [1.165, 1.54) is 28.7 Å². The van der Waals surface area contributed by atoms with Gasteiger partial charge in [0.2, 0.25) is 5.91 Å². The van der Waals surface area contributed by atoms with Crippen LogP contribution < -0.4 is 11.1 Å². The average Bonchev–Trinajstić information content (AvgIpc) is 3.02. The van der Waals surface area contributed by atoms with E-state index in [2.05, 4.69) is 15.5 Å². The van der Waals surface area contributed by atoms with Gasteiger partial charge in [-0.2, -0.15) is 9.78 Å². The second-order valence-corrected chi connectivity index (χ2v) is 5.37. The molecule has 0 saturated heterocycles. The van der Waals surface area contributed by atoms with Gasteiger partial charge in [-0.15, -0.1) is 0 Å². The van der Waals surface area contributed by atoms with Crippen LogP contribution in [0.4, 0.5) is 11.5 Å². The van der Waals surface area contributed by atoms with Crippen LogP contribution >= 0.6 is 0 Å². The Morgan fingerprint density at radius 1 is 1.50 bits per heavy atom. The Balaban J connectivity index is 2.11. The summed E-state index contributed by atoms with van der Waals surface area (Å²) in [7, 11) is 1.53. The molecule has 24 heavy (non-hydrogen) atoms. The van der Waals surface area contributed by atoms with Crippen LogP contribution in [0, 0.1) is 23.0 Å². The largest absolute Gasteiger partial charge is 0.390 e. The summed E-state index contributed by atoms with van der Waals surface area (Å²) in [6.45, 7) is 3.46. The SMILES string of the molecule is Cc1cc([N+](=O)[O-])nn1C[C@H](C)C(=O)Nc1cnn(C)c1C(N)=O. The van der Waals surface area contributed by atoms with Crippen molar-refractivity contribution in [1.29, 1.82) is 0 Å². The van der Waals surface area contributed by atoms with Crippen LogP contribution in [0.1, 0.15) is 23.1 Å². The molecule has 2 aromatic heterocycles. The van der Waals surface area contributed by atoms with Crippen LogP contribution in [0.3, 0.4) is 0 Å². The Labute approximate surface area is 136 Å². The number of anilines is 1. The van der Waals surface area contributed by atoms with E-state index in [0.717, 1.165) is 0 Å². The highest BCUT2D eigenvalue weighted by Crippen LogP contribution is 2.16. The number of aryl methyl sites for hydroxylation is 2. The van der Waals surface area contributed by atoms with Crippen LogP contribution in [0.25, 0.3) is 0 Å². The van der Waals surface area contributed by atoms with Crippen molar-refractivity contribution in [2.45, 2.75) is 20.4 Å². The first kappa shape index (κ1) is 17.1. The molecule has 0 aliphatic rings. The highest BCUT2D eigenvalue weighted by Gasteiger charge is 2.23. The molecule has 2 rings (SSSR count). The molecule has 0 spiro atoms. The molecule has 0 aliphatic heterocycles. The lowest BCUT2D eigenvalue weighted by molar-refractivity contribution is -0.389. The number of rotatable bonds is 6. The predicted molar refractivity (Wildman–Crippen MR) is 83.1 cm³/mol. The quantitative estimate of drug-likeness (QED) is 0.568. The van der Waals surface area contributed by atoms with E-state index in [-0.39, 0.29) is 29.7 Å². The summed E-state index contributed by atoms with van der Waals surface area (Å²) in [5.41, 5.74) is 6.12. The van der Waals surface area contributed by atoms with Crippen LogP contribution in [-0.4, -0.2) is 36.3 Å². The Morgan fingerprint density at radius 2 is 2.17 bits per heavy atom. The summed E-state index contributed by atoms with van der Waals surface area (Å²) in [6, 6.07) is 1.33. The number of hydrogen-bond donors (Lipinski definition) is 2. The summed E-state index contributed by atoms with van der Waals surface area (Å²) >= 11 is 0. The maximum Gasteiger partial charge on any atom is 0.390 e. The summed E-state index contributed by atoms with van der Waals surface area (Å²) in [5, 5.41) is 21.0. The zero-order valence-electron chi connectivity index (χ0n) is 13.4. The molecule has 0 fully saturated rings. The lowest BCUT2D eigenvalue weighted by atomic mass is 10.1. The van der Waals surface area contributed by atoms with Gasteiger partial charge in [0.15, 0.2) is 0 Å². The highest BCUT2D eigenvalue weighted by molar-refractivity contribution is 6.02. The number of carbonyl (C=O) groups excluding carboxylic acids is 2.